The average molecular weight is 400 g/mol. The first-order valence-electron chi connectivity index (χ1n) is 8.58. The molecule has 0 saturated carbocycles. The van der Waals surface area contributed by atoms with Crippen molar-refractivity contribution < 1.29 is 19.5 Å². The molecule has 0 aliphatic rings. The Hall–Kier alpha value is -4.07. The molecule has 11 heteroatoms. The monoisotopic (exact) mass is 400 g/mol. The lowest BCUT2D eigenvalue weighted by Gasteiger charge is -2.10. The second kappa shape index (κ2) is 9.23. The van der Waals surface area contributed by atoms with Gasteiger partial charge in [-0.3, -0.25) is 30.3 Å². The van der Waals surface area contributed by atoms with Gasteiger partial charge in [0.15, 0.2) is 0 Å². The fourth-order valence-electron chi connectivity index (χ4n) is 2.70. The van der Waals surface area contributed by atoms with E-state index >= 15 is 0 Å². The van der Waals surface area contributed by atoms with Crippen LogP contribution in [0.3, 0.4) is 0 Å². The van der Waals surface area contributed by atoms with Crippen LogP contribution in [0.1, 0.15) is 31.7 Å². The SMILES string of the molecule is CCCCCOc1c([N+](=O)[O-])cc(-c2ccc(C#N)cc2[N+](=O)[O-])cc1[N+](=O)[O-]. The quantitative estimate of drug-likeness (QED) is 0.337. The van der Waals surface area contributed by atoms with E-state index in [2.05, 4.69) is 0 Å². The fourth-order valence-corrected chi connectivity index (χ4v) is 2.70. The van der Waals surface area contributed by atoms with Crippen LogP contribution in [-0.2, 0) is 0 Å². The number of unbranched alkanes of at least 4 members (excludes halogenated alkanes) is 2. The van der Waals surface area contributed by atoms with Crippen molar-refractivity contribution in [1.82, 2.24) is 0 Å². The highest BCUT2D eigenvalue weighted by atomic mass is 16.6. The van der Waals surface area contributed by atoms with Gasteiger partial charge in [0.1, 0.15) is 0 Å². The highest BCUT2D eigenvalue weighted by molar-refractivity contribution is 5.80. The lowest BCUT2D eigenvalue weighted by Crippen LogP contribution is -2.05. The number of nitrogens with zero attached hydrogens (tertiary/aromatic N) is 4. The Morgan fingerprint density at radius 2 is 1.52 bits per heavy atom. The zero-order chi connectivity index (χ0) is 21.6. The zero-order valence-electron chi connectivity index (χ0n) is 15.4. The molecule has 2 aromatic carbocycles. The van der Waals surface area contributed by atoms with Gasteiger partial charge in [0.2, 0.25) is 0 Å². The van der Waals surface area contributed by atoms with Crippen molar-refractivity contribution in [2.45, 2.75) is 26.2 Å². The molecule has 0 saturated heterocycles. The Labute approximate surface area is 164 Å². The molecule has 0 heterocycles. The van der Waals surface area contributed by atoms with Gasteiger partial charge in [-0.1, -0.05) is 19.8 Å². The molecule has 0 atom stereocenters. The summed E-state index contributed by atoms with van der Waals surface area (Å²) in [7, 11) is 0. The van der Waals surface area contributed by atoms with Crippen molar-refractivity contribution in [2.24, 2.45) is 0 Å². The largest absolute Gasteiger partial charge is 0.482 e. The summed E-state index contributed by atoms with van der Waals surface area (Å²) in [5, 5.41) is 43.3. The second-order valence-corrected chi connectivity index (χ2v) is 6.01. The number of benzene rings is 2. The maximum Gasteiger partial charge on any atom is 0.318 e. The second-order valence-electron chi connectivity index (χ2n) is 6.01. The number of nitriles is 1. The lowest BCUT2D eigenvalue weighted by molar-refractivity contribution is -0.396. The Balaban J connectivity index is 2.67. The van der Waals surface area contributed by atoms with Gasteiger partial charge in [0, 0.05) is 23.8 Å². The lowest BCUT2D eigenvalue weighted by atomic mass is 10.00. The molecule has 2 aromatic rings. The smallest absolute Gasteiger partial charge is 0.318 e. The topological polar surface area (TPSA) is 162 Å². The first kappa shape index (κ1) is 21.2. The predicted molar refractivity (Wildman–Crippen MR) is 102 cm³/mol. The molecule has 0 unspecified atom stereocenters. The fraction of sp³-hybridized carbons (Fsp3) is 0.278. The average Bonchev–Trinajstić information content (AvgIpc) is 2.70. The van der Waals surface area contributed by atoms with E-state index in [1.54, 1.807) is 6.07 Å². The molecule has 0 aliphatic heterocycles. The number of rotatable bonds is 9. The summed E-state index contributed by atoms with van der Waals surface area (Å²) in [5.74, 6) is -0.490. The Kier molecular flexibility index (Phi) is 6.75. The minimum absolute atomic E-state index is 0.0142. The van der Waals surface area contributed by atoms with Crippen molar-refractivity contribution in [1.29, 1.82) is 5.26 Å². The highest BCUT2D eigenvalue weighted by Crippen LogP contribution is 2.43. The minimum Gasteiger partial charge on any atom is -0.482 e. The van der Waals surface area contributed by atoms with Crippen LogP contribution in [0.2, 0.25) is 0 Å². The summed E-state index contributed by atoms with van der Waals surface area (Å²) in [6.07, 6.45) is 2.22. The maximum atomic E-state index is 11.5. The summed E-state index contributed by atoms with van der Waals surface area (Å²) in [6, 6.07) is 7.27. The molecule has 0 aliphatic carbocycles. The van der Waals surface area contributed by atoms with Gasteiger partial charge in [-0.2, -0.15) is 5.26 Å². The van der Waals surface area contributed by atoms with Crippen molar-refractivity contribution in [3.05, 3.63) is 66.2 Å². The van der Waals surface area contributed by atoms with Gasteiger partial charge in [0.05, 0.1) is 38.6 Å². The number of ether oxygens (including phenoxy) is 1. The first-order valence-corrected chi connectivity index (χ1v) is 8.58. The first-order chi connectivity index (χ1) is 13.8. The summed E-state index contributed by atoms with van der Waals surface area (Å²) >= 11 is 0. The van der Waals surface area contributed by atoms with Gasteiger partial charge in [0.25, 0.3) is 11.4 Å². The van der Waals surface area contributed by atoms with Crippen molar-refractivity contribution in [2.75, 3.05) is 6.61 Å². The molecular weight excluding hydrogens is 384 g/mol. The Morgan fingerprint density at radius 3 is 2.00 bits per heavy atom. The molecule has 11 nitrogen and oxygen atoms in total. The van der Waals surface area contributed by atoms with E-state index in [-0.39, 0.29) is 23.3 Å². The molecular formula is C18H16N4O7. The van der Waals surface area contributed by atoms with Crippen LogP contribution < -0.4 is 4.74 Å². The molecule has 0 fully saturated rings. The molecule has 0 bridgehead atoms. The summed E-state index contributed by atoms with van der Waals surface area (Å²) in [6.45, 7) is 2.01. The third kappa shape index (κ3) is 4.81. The molecule has 0 spiro atoms. The van der Waals surface area contributed by atoms with Crippen LogP contribution in [0, 0.1) is 41.7 Å². The molecule has 29 heavy (non-hydrogen) atoms. The van der Waals surface area contributed by atoms with Gasteiger partial charge in [-0.25, -0.2) is 0 Å². The predicted octanol–water partition coefficient (Wildman–Crippen LogP) is 4.52. The van der Waals surface area contributed by atoms with Crippen LogP contribution in [-0.4, -0.2) is 21.4 Å². The molecule has 0 aromatic heterocycles. The van der Waals surface area contributed by atoms with Gasteiger partial charge in [-0.15, -0.1) is 0 Å². The van der Waals surface area contributed by atoms with Gasteiger partial charge in [-0.05, 0) is 18.6 Å². The van der Waals surface area contributed by atoms with E-state index in [9.17, 15) is 30.3 Å². The number of hydrogen-bond donors (Lipinski definition) is 0. The van der Waals surface area contributed by atoms with E-state index in [0.29, 0.717) is 6.42 Å². The van der Waals surface area contributed by atoms with Crippen LogP contribution in [0.5, 0.6) is 5.75 Å². The summed E-state index contributed by atoms with van der Waals surface area (Å²) in [4.78, 5) is 32.0. The Morgan fingerprint density at radius 1 is 0.931 bits per heavy atom. The third-order valence-corrected chi connectivity index (χ3v) is 4.07. The highest BCUT2D eigenvalue weighted by Gasteiger charge is 2.30. The maximum absolute atomic E-state index is 11.5. The normalized spacial score (nSPS) is 10.2. The standard InChI is InChI=1S/C18H16N4O7/c1-2-3-4-7-29-18-16(21(25)26)9-13(10-17(18)22(27)28)14-6-5-12(11-19)8-15(14)20(23)24/h5-6,8-10H,2-4,7H2,1H3. The number of nitro groups is 3. The van der Waals surface area contributed by atoms with Crippen LogP contribution in [0.4, 0.5) is 17.1 Å². The number of nitro benzene ring substituents is 3. The molecule has 0 amide bonds. The van der Waals surface area contributed by atoms with E-state index in [1.165, 1.54) is 12.1 Å². The number of hydrogen-bond acceptors (Lipinski definition) is 8. The van der Waals surface area contributed by atoms with Crippen molar-refractivity contribution >= 4 is 17.1 Å². The zero-order valence-corrected chi connectivity index (χ0v) is 15.4. The summed E-state index contributed by atoms with van der Waals surface area (Å²) < 4.78 is 5.34. The molecule has 0 radical (unpaired) electrons. The van der Waals surface area contributed by atoms with Crippen molar-refractivity contribution in [3.8, 4) is 22.9 Å². The van der Waals surface area contributed by atoms with Crippen molar-refractivity contribution in [3.63, 3.8) is 0 Å². The Bertz CT molecular complexity index is 979. The molecule has 2 rings (SSSR count). The van der Waals surface area contributed by atoms with E-state index in [1.807, 2.05) is 6.92 Å². The molecule has 0 N–H and O–H groups in total. The van der Waals surface area contributed by atoms with E-state index in [0.717, 1.165) is 31.0 Å². The molecule has 150 valence electrons. The third-order valence-electron chi connectivity index (χ3n) is 4.07. The van der Waals surface area contributed by atoms with Gasteiger partial charge >= 0.3 is 11.4 Å². The minimum atomic E-state index is -0.832. The summed E-state index contributed by atoms with van der Waals surface area (Å²) in [5.41, 5.74) is -1.99. The van der Waals surface area contributed by atoms with Crippen LogP contribution in [0.25, 0.3) is 11.1 Å². The van der Waals surface area contributed by atoms with Crippen LogP contribution in [0.15, 0.2) is 30.3 Å². The van der Waals surface area contributed by atoms with E-state index < -0.39 is 37.6 Å². The van der Waals surface area contributed by atoms with Gasteiger partial charge < -0.3 is 4.74 Å². The van der Waals surface area contributed by atoms with E-state index in [4.69, 9.17) is 10.00 Å². The van der Waals surface area contributed by atoms with Crippen LogP contribution >= 0.6 is 0 Å².